The molecule has 1 atom stereocenters. The van der Waals surface area contributed by atoms with Crippen molar-refractivity contribution in [3.05, 3.63) is 65.0 Å². The van der Waals surface area contributed by atoms with Crippen molar-refractivity contribution >= 4 is 0 Å². The summed E-state index contributed by atoms with van der Waals surface area (Å²) in [6.07, 6.45) is 0.154. The number of hydrogen-bond donors (Lipinski definition) is 1. The van der Waals surface area contributed by atoms with Crippen LogP contribution in [0.15, 0.2) is 42.5 Å². The van der Waals surface area contributed by atoms with Gasteiger partial charge in [0.25, 0.3) is 0 Å². The Morgan fingerprint density at radius 1 is 1.00 bits per heavy atom. The summed E-state index contributed by atoms with van der Waals surface area (Å²) < 4.78 is 19.2. The first-order valence-electron chi connectivity index (χ1n) is 7.20. The van der Waals surface area contributed by atoms with Crippen LogP contribution in [0.4, 0.5) is 4.39 Å². The molecule has 1 N–H and O–H groups in total. The first-order chi connectivity index (χ1) is 9.99. The molecule has 21 heavy (non-hydrogen) atoms. The topological polar surface area (TPSA) is 21.3 Å². The van der Waals surface area contributed by atoms with Gasteiger partial charge in [-0.3, -0.25) is 0 Å². The van der Waals surface area contributed by atoms with Gasteiger partial charge in [0, 0.05) is 0 Å². The highest BCUT2D eigenvalue weighted by atomic mass is 19.1. The molecular weight excluding hydrogens is 265 g/mol. The quantitative estimate of drug-likeness (QED) is 0.888. The summed E-state index contributed by atoms with van der Waals surface area (Å²) in [4.78, 5) is 0. The van der Waals surface area contributed by atoms with Crippen molar-refractivity contribution in [2.75, 3.05) is 7.05 Å². The molecule has 2 aromatic carbocycles. The maximum atomic E-state index is 13.6. The van der Waals surface area contributed by atoms with E-state index in [9.17, 15) is 4.39 Å². The minimum absolute atomic E-state index is 0.0347. The molecule has 0 amide bonds. The van der Waals surface area contributed by atoms with Crippen molar-refractivity contribution in [3.8, 4) is 5.75 Å². The van der Waals surface area contributed by atoms with Gasteiger partial charge in [0.2, 0.25) is 0 Å². The number of benzene rings is 2. The van der Waals surface area contributed by atoms with E-state index in [1.165, 1.54) is 6.07 Å². The van der Waals surface area contributed by atoms with Gasteiger partial charge in [0.1, 0.15) is 11.6 Å². The molecule has 0 bridgehead atoms. The van der Waals surface area contributed by atoms with E-state index in [0.717, 1.165) is 22.4 Å². The van der Waals surface area contributed by atoms with Crippen molar-refractivity contribution in [1.82, 2.24) is 5.32 Å². The van der Waals surface area contributed by atoms with Gasteiger partial charge in [0.05, 0.1) is 12.1 Å². The van der Waals surface area contributed by atoms with Gasteiger partial charge >= 0.3 is 0 Å². The van der Waals surface area contributed by atoms with Gasteiger partial charge in [-0.25, -0.2) is 4.39 Å². The van der Waals surface area contributed by atoms with Crippen LogP contribution in [0.5, 0.6) is 5.75 Å². The smallest absolute Gasteiger partial charge is 0.123 e. The largest absolute Gasteiger partial charge is 0.491 e. The van der Waals surface area contributed by atoms with Gasteiger partial charge in [-0.15, -0.1) is 0 Å². The van der Waals surface area contributed by atoms with Gasteiger partial charge in [-0.05, 0) is 68.8 Å². The summed E-state index contributed by atoms with van der Waals surface area (Å²) in [6, 6.07) is 13.0. The molecule has 0 aromatic heterocycles. The lowest BCUT2D eigenvalue weighted by atomic mass is 9.97. The highest BCUT2D eigenvalue weighted by Crippen LogP contribution is 2.25. The van der Waals surface area contributed by atoms with E-state index in [1.807, 2.05) is 58.2 Å². The van der Waals surface area contributed by atoms with Crippen LogP contribution in [0.3, 0.4) is 0 Å². The third-order valence-electron chi connectivity index (χ3n) is 3.27. The molecule has 0 heterocycles. The Hall–Kier alpha value is -1.87. The second kappa shape index (κ2) is 6.72. The molecule has 2 rings (SSSR count). The van der Waals surface area contributed by atoms with Crippen molar-refractivity contribution in [3.63, 3.8) is 0 Å². The number of halogens is 1. The Bertz CT molecular complexity index is 572. The summed E-state index contributed by atoms with van der Waals surface area (Å²) in [5.41, 5.74) is 2.93. The number of ether oxygens (including phenoxy) is 1. The zero-order valence-corrected chi connectivity index (χ0v) is 13.0. The fraction of sp³-hybridized carbons (Fsp3) is 0.333. The molecule has 112 valence electrons. The average molecular weight is 287 g/mol. The highest BCUT2D eigenvalue weighted by molar-refractivity contribution is 5.37. The van der Waals surface area contributed by atoms with Gasteiger partial charge in [-0.1, -0.05) is 18.2 Å². The second-order valence-corrected chi connectivity index (χ2v) is 5.52. The zero-order valence-electron chi connectivity index (χ0n) is 13.0. The third kappa shape index (κ3) is 4.05. The van der Waals surface area contributed by atoms with E-state index >= 15 is 0 Å². The Morgan fingerprint density at radius 2 is 1.67 bits per heavy atom. The number of rotatable bonds is 5. The Morgan fingerprint density at radius 3 is 2.19 bits per heavy atom. The van der Waals surface area contributed by atoms with E-state index in [2.05, 4.69) is 5.32 Å². The number of aryl methyl sites for hydroxylation is 1. The first-order valence-corrected chi connectivity index (χ1v) is 7.20. The van der Waals surface area contributed by atoms with Gasteiger partial charge in [0.15, 0.2) is 0 Å². The molecule has 0 saturated heterocycles. The van der Waals surface area contributed by atoms with Gasteiger partial charge in [-0.2, -0.15) is 0 Å². The zero-order chi connectivity index (χ0) is 15.4. The fourth-order valence-electron chi connectivity index (χ4n) is 2.47. The monoisotopic (exact) mass is 287 g/mol. The van der Waals surface area contributed by atoms with Crippen LogP contribution in [-0.2, 0) is 0 Å². The van der Waals surface area contributed by atoms with Crippen molar-refractivity contribution in [2.45, 2.75) is 32.9 Å². The van der Waals surface area contributed by atoms with E-state index in [1.54, 1.807) is 6.07 Å². The van der Waals surface area contributed by atoms with Crippen LogP contribution in [0.2, 0.25) is 0 Å². The lowest BCUT2D eigenvalue weighted by Crippen LogP contribution is -2.18. The van der Waals surface area contributed by atoms with Crippen LogP contribution in [0.25, 0.3) is 0 Å². The van der Waals surface area contributed by atoms with E-state index in [4.69, 9.17) is 4.74 Å². The maximum Gasteiger partial charge on any atom is 0.123 e. The van der Waals surface area contributed by atoms with Crippen LogP contribution < -0.4 is 10.1 Å². The molecule has 0 aliphatic rings. The van der Waals surface area contributed by atoms with E-state index in [0.29, 0.717) is 0 Å². The minimum Gasteiger partial charge on any atom is -0.491 e. The second-order valence-electron chi connectivity index (χ2n) is 5.52. The van der Waals surface area contributed by atoms with Crippen LogP contribution >= 0.6 is 0 Å². The van der Waals surface area contributed by atoms with E-state index in [-0.39, 0.29) is 18.0 Å². The summed E-state index contributed by atoms with van der Waals surface area (Å²) >= 11 is 0. The van der Waals surface area contributed by atoms with Crippen LogP contribution in [-0.4, -0.2) is 13.2 Å². The highest BCUT2D eigenvalue weighted by Gasteiger charge is 2.13. The van der Waals surface area contributed by atoms with Crippen LogP contribution in [0.1, 0.15) is 36.6 Å². The molecule has 3 heteroatoms. The van der Waals surface area contributed by atoms with Gasteiger partial charge < -0.3 is 10.1 Å². The Kier molecular flexibility index (Phi) is 4.97. The molecule has 2 nitrogen and oxygen atoms in total. The Balaban J connectivity index is 2.28. The predicted octanol–water partition coefficient (Wildman–Crippen LogP) is 4.23. The molecule has 2 aromatic rings. The summed E-state index contributed by atoms with van der Waals surface area (Å²) in [6.45, 7) is 5.90. The lowest BCUT2D eigenvalue weighted by molar-refractivity contribution is 0.242. The molecule has 0 aliphatic heterocycles. The number of hydrogen-bond acceptors (Lipinski definition) is 2. The Labute approximate surface area is 126 Å². The molecular formula is C18H22FNO. The average Bonchev–Trinajstić information content (AvgIpc) is 2.40. The summed E-state index contributed by atoms with van der Waals surface area (Å²) in [5.74, 6) is 0.643. The fourth-order valence-corrected chi connectivity index (χ4v) is 2.47. The van der Waals surface area contributed by atoms with Crippen molar-refractivity contribution in [1.29, 1.82) is 0 Å². The molecule has 0 radical (unpaired) electrons. The molecule has 0 saturated carbocycles. The molecule has 0 spiro atoms. The van der Waals surface area contributed by atoms with Crippen molar-refractivity contribution < 1.29 is 9.13 Å². The molecule has 0 aliphatic carbocycles. The number of nitrogens with one attached hydrogen (secondary N) is 1. The predicted molar refractivity (Wildman–Crippen MR) is 84.2 cm³/mol. The van der Waals surface area contributed by atoms with E-state index < -0.39 is 0 Å². The summed E-state index contributed by atoms with van der Waals surface area (Å²) in [7, 11) is 1.88. The standard InChI is InChI=1S/C18H22FNO/c1-12(2)21-17-7-5-14(6-8-17)18(20-4)15-9-13(3)10-16(19)11-15/h5-12,18,20H,1-4H3. The molecule has 1 unspecified atom stereocenters. The minimum atomic E-state index is -0.204. The summed E-state index contributed by atoms with van der Waals surface area (Å²) in [5, 5.41) is 3.24. The third-order valence-corrected chi connectivity index (χ3v) is 3.27. The lowest BCUT2D eigenvalue weighted by Gasteiger charge is -2.19. The maximum absolute atomic E-state index is 13.6. The molecule has 0 fully saturated rings. The van der Waals surface area contributed by atoms with Crippen molar-refractivity contribution in [2.24, 2.45) is 0 Å². The SMILES string of the molecule is CNC(c1ccc(OC(C)C)cc1)c1cc(C)cc(F)c1. The first kappa shape index (κ1) is 15.5. The normalized spacial score (nSPS) is 12.5. The van der Waals surface area contributed by atoms with Crippen LogP contribution in [0, 0.1) is 12.7 Å².